The second-order valence-corrected chi connectivity index (χ2v) is 6.50. The van der Waals surface area contributed by atoms with Gasteiger partial charge in [-0.15, -0.1) is 0 Å². The lowest BCUT2D eigenvalue weighted by Crippen LogP contribution is -2.28. The zero-order valence-corrected chi connectivity index (χ0v) is 14.2. The van der Waals surface area contributed by atoms with Gasteiger partial charge in [0.2, 0.25) is 0 Å². The fourth-order valence-electron chi connectivity index (χ4n) is 3.65. The molecule has 5 nitrogen and oxygen atoms in total. The molecule has 4 rings (SSSR count). The summed E-state index contributed by atoms with van der Waals surface area (Å²) in [6, 6.07) is 10.7. The molecule has 1 fully saturated rings. The number of anilines is 1. The number of ether oxygens (including phenoxy) is 1. The molecule has 0 saturated heterocycles. The van der Waals surface area contributed by atoms with E-state index in [-0.39, 0.29) is 5.82 Å². The Balaban J connectivity index is 1.73. The monoisotopic (exact) mass is 340 g/mol. The molecule has 1 saturated carbocycles. The highest BCUT2D eigenvalue weighted by Gasteiger charge is 2.28. The fraction of sp³-hybridized carbons (Fsp3) is 0.368. The molecule has 6 heteroatoms. The minimum Gasteiger partial charge on any atom is -0.384 e. The Hall–Kier alpha value is -2.47. The predicted octanol–water partition coefficient (Wildman–Crippen LogP) is 3.76. The van der Waals surface area contributed by atoms with Crippen LogP contribution in [-0.2, 0) is 4.74 Å². The summed E-state index contributed by atoms with van der Waals surface area (Å²) in [4.78, 5) is 4.55. The van der Waals surface area contributed by atoms with E-state index in [4.69, 9.17) is 4.74 Å². The van der Waals surface area contributed by atoms with Crippen molar-refractivity contribution < 1.29 is 9.13 Å². The van der Waals surface area contributed by atoms with Crippen molar-refractivity contribution in [2.75, 3.05) is 19.0 Å². The average Bonchev–Trinajstić information content (AvgIpc) is 3.25. The first-order valence-corrected chi connectivity index (χ1v) is 8.61. The number of rotatable bonds is 5. The van der Waals surface area contributed by atoms with Crippen LogP contribution in [0, 0.1) is 11.7 Å². The van der Waals surface area contributed by atoms with Crippen LogP contribution in [-0.4, -0.2) is 34.4 Å². The molecule has 1 aliphatic carbocycles. The summed E-state index contributed by atoms with van der Waals surface area (Å²) in [7, 11) is 1.74. The molecule has 0 bridgehead atoms. The lowest BCUT2D eigenvalue weighted by Gasteiger charge is -2.22. The van der Waals surface area contributed by atoms with E-state index >= 15 is 0 Å². The van der Waals surface area contributed by atoms with Crippen molar-refractivity contribution in [3.8, 4) is 11.3 Å². The molecule has 2 atom stereocenters. The van der Waals surface area contributed by atoms with Crippen LogP contribution >= 0.6 is 0 Å². The van der Waals surface area contributed by atoms with Gasteiger partial charge in [-0.3, -0.25) is 0 Å². The molecule has 130 valence electrons. The highest BCUT2D eigenvalue weighted by atomic mass is 19.1. The van der Waals surface area contributed by atoms with E-state index in [1.807, 2.05) is 18.2 Å². The number of benzene rings is 1. The van der Waals surface area contributed by atoms with Gasteiger partial charge >= 0.3 is 0 Å². The minimum atomic E-state index is -0.275. The molecule has 3 aromatic rings. The lowest BCUT2D eigenvalue weighted by molar-refractivity contribution is 0.150. The second kappa shape index (κ2) is 6.80. The van der Waals surface area contributed by atoms with Crippen molar-refractivity contribution >= 4 is 11.5 Å². The molecular formula is C19H21FN4O. The van der Waals surface area contributed by atoms with Crippen molar-refractivity contribution in [2.45, 2.75) is 25.3 Å². The summed E-state index contributed by atoms with van der Waals surface area (Å²) < 4.78 is 21.3. The lowest BCUT2D eigenvalue weighted by atomic mass is 10.0. The largest absolute Gasteiger partial charge is 0.384 e. The minimum absolute atomic E-state index is 0.275. The number of nitrogens with zero attached hydrogens (tertiary/aromatic N) is 3. The number of hydrogen-bond donors (Lipinski definition) is 1. The van der Waals surface area contributed by atoms with Gasteiger partial charge in [0.25, 0.3) is 0 Å². The maximum absolute atomic E-state index is 14.2. The molecule has 2 aromatic heterocycles. The molecule has 0 radical (unpaired) electrons. The molecule has 2 heterocycles. The first-order chi connectivity index (χ1) is 12.3. The van der Waals surface area contributed by atoms with Gasteiger partial charge in [-0.05, 0) is 25.0 Å². The summed E-state index contributed by atoms with van der Waals surface area (Å²) in [5, 5.41) is 7.95. The van der Waals surface area contributed by atoms with Crippen LogP contribution in [0.3, 0.4) is 0 Å². The van der Waals surface area contributed by atoms with Crippen molar-refractivity contribution in [1.82, 2.24) is 14.6 Å². The van der Waals surface area contributed by atoms with E-state index in [0.717, 1.165) is 25.3 Å². The molecule has 0 aliphatic heterocycles. The average molecular weight is 340 g/mol. The topological polar surface area (TPSA) is 51.5 Å². The Bertz CT molecular complexity index is 879. The highest BCUT2D eigenvalue weighted by Crippen LogP contribution is 2.30. The first kappa shape index (κ1) is 16.0. The van der Waals surface area contributed by atoms with E-state index in [9.17, 15) is 4.39 Å². The van der Waals surface area contributed by atoms with Crippen LogP contribution in [0.2, 0.25) is 0 Å². The maximum Gasteiger partial charge on any atom is 0.157 e. The first-order valence-electron chi connectivity index (χ1n) is 8.61. The van der Waals surface area contributed by atoms with E-state index in [1.165, 1.54) is 12.5 Å². The molecule has 0 amide bonds. The molecule has 2 unspecified atom stereocenters. The van der Waals surface area contributed by atoms with Gasteiger partial charge in [0.15, 0.2) is 5.65 Å². The van der Waals surface area contributed by atoms with E-state index < -0.39 is 0 Å². The van der Waals surface area contributed by atoms with Gasteiger partial charge in [0, 0.05) is 36.8 Å². The Morgan fingerprint density at radius 1 is 1.28 bits per heavy atom. The second-order valence-electron chi connectivity index (χ2n) is 6.50. The highest BCUT2D eigenvalue weighted by molar-refractivity contribution is 5.67. The molecule has 0 spiro atoms. The standard InChI is InChI=1S/C19H21FN4O/c1-25-12-13-5-4-8-16(13)22-19-11-17(14-6-2-3-7-15(14)20)23-18-9-10-21-24(18)19/h2-3,6-7,9-11,13,16,22H,4-5,8,12H2,1H3. The molecule has 1 N–H and O–H groups in total. The van der Waals surface area contributed by atoms with Crippen LogP contribution in [0.5, 0.6) is 0 Å². The Labute approximate surface area is 145 Å². The zero-order valence-electron chi connectivity index (χ0n) is 14.2. The van der Waals surface area contributed by atoms with Crippen molar-refractivity contribution in [1.29, 1.82) is 0 Å². The van der Waals surface area contributed by atoms with Gasteiger partial charge in [0.1, 0.15) is 11.6 Å². The summed E-state index contributed by atoms with van der Waals surface area (Å²) >= 11 is 0. The summed E-state index contributed by atoms with van der Waals surface area (Å²) in [6.07, 6.45) is 5.13. The van der Waals surface area contributed by atoms with Gasteiger partial charge in [-0.1, -0.05) is 18.6 Å². The fourth-order valence-corrected chi connectivity index (χ4v) is 3.65. The van der Waals surface area contributed by atoms with Gasteiger partial charge < -0.3 is 10.1 Å². The van der Waals surface area contributed by atoms with Crippen molar-refractivity contribution in [3.05, 3.63) is 48.4 Å². The Kier molecular flexibility index (Phi) is 4.36. The SMILES string of the molecule is COCC1CCCC1Nc1cc(-c2ccccc2F)nc2ccnn12. The predicted molar refractivity (Wildman–Crippen MR) is 95.0 cm³/mol. The van der Waals surface area contributed by atoms with E-state index in [0.29, 0.717) is 28.9 Å². The van der Waals surface area contributed by atoms with Crippen LogP contribution in [0.15, 0.2) is 42.6 Å². The normalized spacial score (nSPS) is 20.2. The zero-order chi connectivity index (χ0) is 17.2. The number of hydrogen-bond acceptors (Lipinski definition) is 4. The third-order valence-electron chi connectivity index (χ3n) is 4.88. The van der Waals surface area contributed by atoms with Crippen LogP contribution in [0.1, 0.15) is 19.3 Å². The Morgan fingerprint density at radius 3 is 3.00 bits per heavy atom. The summed E-state index contributed by atoms with van der Waals surface area (Å²) in [5.74, 6) is 1.03. The molecule has 1 aromatic carbocycles. The van der Waals surface area contributed by atoms with E-state index in [1.54, 1.807) is 30.0 Å². The van der Waals surface area contributed by atoms with Crippen LogP contribution in [0.4, 0.5) is 10.2 Å². The van der Waals surface area contributed by atoms with E-state index in [2.05, 4.69) is 15.4 Å². The molecular weight excluding hydrogens is 319 g/mol. The van der Waals surface area contributed by atoms with Gasteiger partial charge in [0.05, 0.1) is 18.5 Å². The summed E-state index contributed by atoms with van der Waals surface area (Å²) in [5.41, 5.74) is 1.80. The summed E-state index contributed by atoms with van der Waals surface area (Å²) in [6.45, 7) is 0.741. The smallest absolute Gasteiger partial charge is 0.157 e. The van der Waals surface area contributed by atoms with Gasteiger partial charge in [-0.2, -0.15) is 9.61 Å². The third kappa shape index (κ3) is 3.09. The quantitative estimate of drug-likeness (QED) is 0.768. The van der Waals surface area contributed by atoms with Crippen LogP contribution < -0.4 is 5.32 Å². The maximum atomic E-state index is 14.2. The Morgan fingerprint density at radius 2 is 2.16 bits per heavy atom. The number of aromatic nitrogens is 3. The number of fused-ring (bicyclic) bond motifs is 1. The number of methoxy groups -OCH3 is 1. The molecule has 25 heavy (non-hydrogen) atoms. The van der Waals surface area contributed by atoms with Crippen molar-refractivity contribution in [3.63, 3.8) is 0 Å². The number of halogens is 1. The van der Waals surface area contributed by atoms with Gasteiger partial charge in [-0.25, -0.2) is 9.37 Å². The molecule has 1 aliphatic rings. The van der Waals surface area contributed by atoms with Crippen molar-refractivity contribution in [2.24, 2.45) is 5.92 Å². The van der Waals surface area contributed by atoms with Crippen LogP contribution in [0.25, 0.3) is 16.9 Å². The third-order valence-corrected chi connectivity index (χ3v) is 4.88. The number of nitrogens with one attached hydrogen (secondary N) is 1.